The van der Waals surface area contributed by atoms with Gasteiger partial charge in [-0.05, 0) is 30.5 Å². The molecule has 0 unspecified atom stereocenters. The number of carbonyl (C=O) groups excluding carboxylic acids is 1. The summed E-state index contributed by atoms with van der Waals surface area (Å²) in [6.45, 7) is 0.581. The van der Waals surface area contributed by atoms with E-state index >= 15 is 0 Å². The van der Waals surface area contributed by atoms with Crippen molar-refractivity contribution in [1.82, 2.24) is 0 Å². The Balaban J connectivity index is 1.92. The predicted molar refractivity (Wildman–Crippen MR) is 93.1 cm³/mol. The van der Waals surface area contributed by atoms with Crippen molar-refractivity contribution >= 4 is 29.2 Å². The van der Waals surface area contributed by atoms with E-state index in [1.807, 2.05) is 6.26 Å². The van der Waals surface area contributed by atoms with Crippen LogP contribution >= 0.6 is 11.8 Å². The van der Waals surface area contributed by atoms with Crippen molar-refractivity contribution in [2.45, 2.75) is 0 Å². The van der Waals surface area contributed by atoms with Gasteiger partial charge >= 0.3 is 6.09 Å². The van der Waals surface area contributed by atoms with Crippen LogP contribution in [0.25, 0.3) is 0 Å². The molecule has 0 saturated carbocycles. The molecule has 0 atom stereocenters. The number of nitro benzene ring substituents is 1. The van der Waals surface area contributed by atoms with Crippen molar-refractivity contribution in [2.75, 3.05) is 23.9 Å². The summed E-state index contributed by atoms with van der Waals surface area (Å²) in [5, 5.41) is 13.2. The van der Waals surface area contributed by atoms with Crippen LogP contribution in [0.3, 0.4) is 0 Å². The van der Waals surface area contributed by atoms with Gasteiger partial charge in [-0.15, -0.1) is 0 Å². The first-order chi connectivity index (χ1) is 11.6. The van der Waals surface area contributed by atoms with Gasteiger partial charge in [0.25, 0.3) is 5.69 Å². The fraction of sp³-hybridized carbons (Fsp3) is 0.188. The minimum atomic E-state index is -0.690. The van der Waals surface area contributed by atoms with Crippen LogP contribution in [0.1, 0.15) is 0 Å². The van der Waals surface area contributed by atoms with E-state index in [0.717, 1.165) is 5.75 Å². The largest absolute Gasteiger partial charge is 0.493 e. The van der Waals surface area contributed by atoms with Crippen molar-refractivity contribution in [3.05, 3.63) is 58.6 Å². The van der Waals surface area contributed by atoms with E-state index in [1.165, 1.54) is 24.3 Å². The smallest absolute Gasteiger partial charge is 0.417 e. The summed E-state index contributed by atoms with van der Waals surface area (Å²) in [7, 11) is 0. The number of non-ortho nitro benzene ring substituents is 1. The first-order valence-electron chi connectivity index (χ1n) is 7.03. The molecule has 0 fully saturated rings. The van der Waals surface area contributed by atoms with E-state index in [9.17, 15) is 14.9 Å². The van der Waals surface area contributed by atoms with E-state index in [1.54, 1.807) is 36.0 Å². The van der Waals surface area contributed by atoms with Gasteiger partial charge in [-0.2, -0.15) is 11.8 Å². The van der Waals surface area contributed by atoms with E-state index in [2.05, 4.69) is 5.32 Å². The molecule has 2 rings (SSSR count). The molecule has 0 aliphatic heterocycles. The lowest BCUT2D eigenvalue weighted by atomic mass is 10.3. The Kier molecular flexibility index (Phi) is 6.44. The number of amides is 1. The van der Waals surface area contributed by atoms with Crippen molar-refractivity contribution in [1.29, 1.82) is 0 Å². The highest BCUT2D eigenvalue weighted by molar-refractivity contribution is 7.98. The molecule has 0 bridgehead atoms. The fourth-order valence-electron chi connectivity index (χ4n) is 1.79. The topological polar surface area (TPSA) is 90.7 Å². The number of nitro groups is 1. The van der Waals surface area contributed by atoms with Gasteiger partial charge in [0.15, 0.2) is 0 Å². The molecule has 0 radical (unpaired) electrons. The van der Waals surface area contributed by atoms with E-state index in [0.29, 0.717) is 18.0 Å². The summed E-state index contributed by atoms with van der Waals surface area (Å²) in [6.07, 6.45) is 1.31. The normalized spacial score (nSPS) is 10.0. The number of thioether (sulfide) groups is 1. The van der Waals surface area contributed by atoms with Crippen LogP contribution in [-0.2, 0) is 0 Å². The first kappa shape index (κ1) is 17.6. The number of hydrogen-bond donors (Lipinski definition) is 1. The van der Waals surface area contributed by atoms with Crippen LogP contribution in [-0.4, -0.2) is 29.6 Å². The summed E-state index contributed by atoms with van der Waals surface area (Å²) >= 11 is 1.68. The quantitative estimate of drug-likeness (QED) is 0.463. The SMILES string of the molecule is CSCCOc1cccc(NC(=O)Oc2ccc([N+](=O)[O-])cc2)c1. The molecule has 2 aromatic carbocycles. The third-order valence-electron chi connectivity index (χ3n) is 2.89. The van der Waals surface area contributed by atoms with E-state index in [4.69, 9.17) is 9.47 Å². The zero-order chi connectivity index (χ0) is 17.4. The van der Waals surface area contributed by atoms with Crippen LogP contribution < -0.4 is 14.8 Å². The third kappa shape index (κ3) is 5.47. The van der Waals surface area contributed by atoms with E-state index < -0.39 is 11.0 Å². The molecule has 126 valence electrons. The molecule has 8 heteroatoms. The molecular formula is C16H16N2O5S. The number of rotatable bonds is 7. The lowest BCUT2D eigenvalue weighted by Gasteiger charge is -2.09. The predicted octanol–water partition coefficient (Wildman–Crippen LogP) is 3.95. The summed E-state index contributed by atoms with van der Waals surface area (Å²) in [4.78, 5) is 21.9. The first-order valence-corrected chi connectivity index (χ1v) is 8.43. The zero-order valence-electron chi connectivity index (χ0n) is 12.9. The maximum absolute atomic E-state index is 11.9. The van der Waals surface area contributed by atoms with Crippen LogP contribution in [0.5, 0.6) is 11.5 Å². The molecule has 1 N–H and O–H groups in total. The van der Waals surface area contributed by atoms with Crippen LogP contribution in [0.15, 0.2) is 48.5 Å². The summed E-state index contributed by atoms with van der Waals surface area (Å²) in [5.41, 5.74) is 0.460. The number of hydrogen-bond acceptors (Lipinski definition) is 6. The molecule has 2 aromatic rings. The Bertz CT molecular complexity index is 706. The summed E-state index contributed by atoms with van der Waals surface area (Å²) in [5.74, 6) is 1.74. The Hall–Kier alpha value is -2.74. The Labute approximate surface area is 143 Å². The molecule has 1 amide bonds. The highest BCUT2D eigenvalue weighted by Crippen LogP contribution is 2.20. The van der Waals surface area contributed by atoms with Gasteiger partial charge in [0.1, 0.15) is 11.5 Å². The van der Waals surface area contributed by atoms with Gasteiger partial charge in [-0.3, -0.25) is 15.4 Å². The maximum atomic E-state index is 11.9. The number of nitrogens with one attached hydrogen (secondary N) is 1. The lowest BCUT2D eigenvalue weighted by molar-refractivity contribution is -0.384. The zero-order valence-corrected chi connectivity index (χ0v) is 13.7. The Morgan fingerprint density at radius 3 is 2.62 bits per heavy atom. The monoisotopic (exact) mass is 348 g/mol. The molecule has 0 saturated heterocycles. The number of nitrogens with zero attached hydrogens (tertiary/aromatic N) is 1. The van der Waals surface area contributed by atoms with Gasteiger partial charge in [0.05, 0.1) is 11.5 Å². The number of anilines is 1. The van der Waals surface area contributed by atoms with Crippen molar-refractivity contribution in [2.24, 2.45) is 0 Å². The Morgan fingerprint density at radius 2 is 1.96 bits per heavy atom. The van der Waals surface area contributed by atoms with Crippen LogP contribution in [0, 0.1) is 10.1 Å². The number of carbonyl (C=O) groups is 1. The van der Waals surface area contributed by atoms with Crippen LogP contribution in [0.4, 0.5) is 16.2 Å². The van der Waals surface area contributed by atoms with Crippen molar-refractivity contribution in [3.8, 4) is 11.5 Å². The average molecular weight is 348 g/mol. The minimum Gasteiger partial charge on any atom is -0.493 e. The maximum Gasteiger partial charge on any atom is 0.417 e. The third-order valence-corrected chi connectivity index (χ3v) is 3.47. The number of ether oxygens (including phenoxy) is 2. The summed E-state index contributed by atoms with van der Waals surface area (Å²) < 4.78 is 10.6. The second kappa shape index (κ2) is 8.78. The fourth-order valence-corrected chi connectivity index (χ4v) is 2.04. The molecule has 0 spiro atoms. The van der Waals surface area contributed by atoms with Gasteiger partial charge in [0, 0.05) is 29.6 Å². The minimum absolute atomic E-state index is 0.0714. The standard InChI is InChI=1S/C16H16N2O5S/c1-24-10-9-22-15-4-2-3-12(11-15)17-16(19)23-14-7-5-13(6-8-14)18(20)21/h2-8,11H,9-10H2,1H3,(H,17,19). The second-order valence-electron chi connectivity index (χ2n) is 4.63. The number of benzene rings is 2. The molecular weight excluding hydrogens is 332 g/mol. The molecule has 0 aromatic heterocycles. The van der Waals surface area contributed by atoms with Gasteiger partial charge < -0.3 is 9.47 Å². The molecule has 0 aliphatic carbocycles. The summed E-state index contributed by atoms with van der Waals surface area (Å²) in [6, 6.07) is 12.2. The highest BCUT2D eigenvalue weighted by Gasteiger charge is 2.09. The highest BCUT2D eigenvalue weighted by atomic mass is 32.2. The molecule has 0 heterocycles. The lowest BCUT2D eigenvalue weighted by Crippen LogP contribution is -2.16. The average Bonchev–Trinajstić information content (AvgIpc) is 2.56. The van der Waals surface area contributed by atoms with Crippen molar-refractivity contribution < 1.29 is 19.2 Å². The van der Waals surface area contributed by atoms with E-state index in [-0.39, 0.29) is 11.4 Å². The van der Waals surface area contributed by atoms with Crippen LogP contribution in [0.2, 0.25) is 0 Å². The van der Waals surface area contributed by atoms with Gasteiger partial charge in [-0.1, -0.05) is 6.07 Å². The molecule has 7 nitrogen and oxygen atoms in total. The Morgan fingerprint density at radius 1 is 1.21 bits per heavy atom. The molecule has 0 aliphatic rings. The second-order valence-corrected chi connectivity index (χ2v) is 5.62. The van der Waals surface area contributed by atoms with Gasteiger partial charge in [-0.25, -0.2) is 4.79 Å². The molecule has 24 heavy (non-hydrogen) atoms. The van der Waals surface area contributed by atoms with Gasteiger partial charge in [0.2, 0.25) is 0 Å². The van der Waals surface area contributed by atoms with Crippen molar-refractivity contribution in [3.63, 3.8) is 0 Å².